The van der Waals surface area contributed by atoms with Gasteiger partial charge in [0.25, 0.3) is 0 Å². The molecule has 1 fully saturated rings. The maximum Gasteiger partial charge on any atom is 0.243 e. The second-order valence-electron chi connectivity index (χ2n) is 8.03. The predicted octanol–water partition coefficient (Wildman–Crippen LogP) is 3.46. The maximum absolute atomic E-state index is 12.2. The SMILES string of the molecule is Cc1nc2ccc(-c3ccn4nc(NC5CC(OF)C5)nc(N)c34)nc2n1C(C)C. The fourth-order valence-electron chi connectivity index (χ4n) is 4.11. The number of rotatable bonds is 5. The van der Waals surface area contributed by atoms with E-state index in [4.69, 9.17) is 10.7 Å². The number of imidazole rings is 1. The first kappa shape index (κ1) is 18.7. The number of hydrogen-bond acceptors (Lipinski definition) is 7. The lowest BCUT2D eigenvalue weighted by molar-refractivity contribution is -0.203. The Bertz CT molecular complexity index is 1240. The summed E-state index contributed by atoms with van der Waals surface area (Å²) >= 11 is 0. The first-order chi connectivity index (χ1) is 14.4. The summed E-state index contributed by atoms with van der Waals surface area (Å²) in [6, 6.07) is 6.16. The number of aromatic nitrogens is 6. The lowest BCUT2D eigenvalue weighted by Gasteiger charge is -2.32. The second-order valence-corrected chi connectivity index (χ2v) is 8.03. The average Bonchev–Trinajstić information content (AvgIpc) is 3.24. The van der Waals surface area contributed by atoms with Crippen molar-refractivity contribution in [3.05, 3.63) is 30.2 Å². The molecule has 9 nitrogen and oxygen atoms in total. The third-order valence-corrected chi connectivity index (χ3v) is 5.60. The molecule has 0 unspecified atom stereocenters. The van der Waals surface area contributed by atoms with E-state index in [1.165, 1.54) is 0 Å². The van der Waals surface area contributed by atoms with Crippen LogP contribution in [0.5, 0.6) is 0 Å². The summed E-state index contributed by atoms with van der Waals surface area (Å²) in [5, 5.41) is 7.68. The van der Waals surface area contributed by atoms with Gasteiger partial charge in [0, 0.05) is 23.8 Å². The summed E-state index contributed by atoms with van der Waals surface area (Å²) in [5.41, 5.74) is 10.3. The highest BCUT2D eigenvalue weighted by Crippen LogP contribution is 2.31. The van der Waals surface area contributed by atoms with Crippen molar-refractivity contribution in [1.82, 2.24) is 29.1 Å². The van der Waals surface area contributed by atoms with Crippen molar-refractivity contribution in [2.24, 2.45) is 0 Å². The van der Waals surface area contributed by atoms with Crippen LogP contribution < -0.4 is 11.1 Å². The Labute approximate surface area is 172 Å². The first-order valence-corrected chi connectivity index (χ1v) is 9.99. The molecule has 30 heavy (non-hydrogen) atoms. The molecule has 0 amide bonds. The maximum atomic E-state index is 12.2. The van der Waals surface area contributed by atoms with Crippen LogP contribution in [0.1, 0.15) is 38.6 Å². The van der Waals surface area contributed by atoms with E-state index in [1.54, 1.807) is 4.52 Å². The van der Waals surface area contributed by atoms with Crippen LogP contribution >= 0.6 is 0 Å². The highest BCUT2D eigenvalue weighted by Gasteiger charge is 2.31. The number of nitrogens with zero attached hydrogens (tertiary/aromatic N) is 6. The summed E-state index contributed by atoms with van der Waals surface area (Å²) in [7, 11) is 0. The summed E-state index contributed by atoms with van der Waals surface area (Å²) in [5.74, 6) is 1.68. The van der Waals surface area contributed by atoms with Gasteiger partial charge in [-0.05, 0) is 56.3 Å². The van der Waals surface area contributed by atoms with Crippen LogP contribution in [0.25, 0.3) is 27.9 Å². The fraction of sp³-hybridized carbons (Fsp3) is 0.400. The van der Waals surface area contributed by atoms with E-state index in [9.17, 15) is 4.53 Å². The number of fused-ring (bicyclic) bond motifs is 2. The van der Waals surface area contributed by atoms with Crippen molar-refractivity contribution in [1.29, 1.82) is 0 Å². The van der Waals surface area contributed by atoms with Gasteiger partial charge in [-0.25, -0.2) is 14.5 Å². The second kappa shape index (κ2) is 6.91. The largest absolute Gasteiger partial charge is 0.382 e. The molecule has 0 saturated heterocycles. The standard InChI is InChI=1S/C20H23FN8O/c1-10(2)29-11(3)23-16-5-4-15(25-19(16)29)14-6-7-28-17(14)18(22)26-20(27-28)24-12-8-13(9-12)30-21/h4-7,10,12-13H,8-9H2,1-3H3,(H3,22,24,26,27). The van der Waals surface area contributed by atoms with Gasteiger partial charge in [0.2, 0.25) is 5.95 Å². The van der Waals surface area contributed by atoms with Gasteiger partial charge < -0.3 is 15.6 Å². The smallest absolute Gasteiger partial charge is 0.243 e. The number of pyridine rings is 1. The van der Waals surface area contributed by atoms with Gasteiger partial charge in [0.05, 0.1) is 5.69 Å². The third-order valence-electron chi connectivity index (χ3n) is 5.60. The predicted molar refractivity (Wildman–Crippen MR) is 112 cm³/mol. The van der Waals surface area contributed by atoms with Crippen LogP contribution in [0, 0.1) is 6.92 Å². The molecular weight excluding hydrogens is 387 g/mol. The molecule has 3 N–H and O–H groups in total. The Morgan fingerprint density at radius 2 is 2.00 bits per heavy atom. The van der Waals surface area contributed by atoms with Gasteiger partial charge in [-0.1, -0.05) is 0 Å². The number of aryl methyl sites for hydroxylation is 1. The monoisotopic (exact) mass is 410 g/mol. The van der Waals surface area contributed by atoms with E-state index < -0.39 is 0 Å². The van der Waals surface area contributed by atoms with Crippen molar-refractivity contribution < 1.29 is 9.47 Å². The minimum atomic E-state index is -0.356. The quantitative estimate of drug-likeness (QED) is 0.519. The number of nitrogens with one attached hydrogen (secondary N) is 1. The molecular formula is C20H23FN8O. The van der Waals surface area contributed by atoms with Gasteiger partial charge in [0.1, 0.15) is 23.0 Å². The topological polar surface area (TPSA) is 108 Å². The highest BCUT2D eigenvalue weighted by molar-refractivity contribution is 5.88. The molecule has 0 bridgehead atoms. The van der Waals surface area contributed by atoms with E-state index in [1.807, 2.05) is 31.3 Å². The van der Waals surface area contributed by atoms with Crippen LogP contribution in [0.4, 0.5) is 16.3 Å². The Kier molecular flexibility index (Phi) is 4.31. The number of anilines is 2. The van der Waals surface area contributed by atoms with Gasteiger partial charge in [0.15, 0.2) is 11.5 Å². The number of nitrogens with two attached hydrogens (primary N) is 1. The Morgan fingerprint density at radius 3 is 2.73 bits per heavy atom. The van der Waals surface area contributed by atoms with E-state index in [0.29, 0.717) is 30.1 Å². The molecule has 0 aliphatic heterocycles. The molecule has 4 aromatic rings. The average molecular weight is 410 g/mol. The molecule has 4 heterocycles. The normalized spacial score (nSPS) is 19.0. The summed E-state index contributed by atoms with van der Waals surface area (Å²) in [6.45, 7) is 6.21. The van der Waals surface area contributed by atoms with Gasteiger partial charge in [-0.15, -0.1) is 5.10 Å². The summed E-state index contributed by atoms with van der Waals surface area (Å²) < 4.78 is 16.0. The van der Waals surface area contributed by atoms with Crippen molar-refractivity contribution >= 4 is 28.4 Å². The molecule has 4 aromatic heterocycles. The van der Waals surface area contributed by atoms with Crippen LogP contribution in [-0.2, 0) is 4.94 Å². The third kappa shape index (κ3) is 2.95. The van der Waals surface area contributed by atoms with Gasteiger partial charge in [-0.3, -0.25) is 0 Å². The zero-order valence-corrected chi connectivity index (χ0v) is 17.0. The molecule has 1 saturated carbocycles. The van der Waals surface area contributed by atoms with Crippen LogP contribution in [-0.4, -0.2) is 41.3 Å². The van der Waals surface area contributed by atoms with Crippen molar-refractivity contribution in [2.75, 3.05) is 11.1 Å². The van der Waals surface area contributed by atoms with Crippen molar-refractivity contribution in [3.63, 3.8) is 0 Å². The van der Waals surface area contributed by atoms with Crippen molar-refractivity contribution in [3.8, 4) is 11.3 Å². The molecule has 0 radical (unpaired) electrons. The van der Waals surface area contributed by atoms with E-state index in [-0.39, 0.29) is 18.2 Å². The lowest BCUT2D eigenvalue weighted by atomic mass is 9.90. The molecule has 156 valence electrons. The molecule has 0 aromatic carbocycles. The highest BCUT2D eigenvalue weighted by atomic mass is 19.3. The van der Waals surface area contributed by atoms with Crippen LogP contribution in [0.3, 0.4) is 0 Å². The molecule has 1 aliphatic carbocycles. The number of nitrogen functional groups attached to an aromatic ring is 1. The molecule has 0 atom stereocenters. The van der Waals surface area contributed by atoms with E-state index >= 15 is 0 Å². The number of halogens is 1. The summed E-state index contributed by atoms with van der Waals surface area (Å²) in [6.07, 6.45) is 2.62. The van der Waals surface area contributed by atoms with Crippen molar-refractivity contribution in [2.45, 2.75) is 51.8 Å². The Balaban J connectivity index is 1.53. The minimum Gasteiger partial charge on any atom is -0.382 e. The van der Waals surface area contributed by atoms with E-state index in [0.717, 1.165) is 28.2 Å². The summed E-state index contributed by atoms with van der Waals surface area (Å²) in [4.78, 5) is 17.7. The first-order valence-electron chi connectivity index (χ1n) is 9.99. The van der Waals surface area contributed by atoms with E-state index in [2.05, 4.69) is 43.7 Å². The fourth-order valence-corrected chi connectivity index (χ4v) is 4.11. The molecule has 10 heteroatoms. The van der Waals surface area contributed by atoms with Crippen LogP contribution in [0.15, 0.2) is 24.4 Å². The zero-order valence-electron chi connectivity index (χ0n) is 17.0. The minimum absolute atomic E-state index is 0.0706. The number of hydrogen-bond donors (Lipinski definition) is 2. The Hall–Kier alpha value is -3.27. The molecule has 0 spiro atoms. The van der Waals surface area contributed by atoms with Crippen LogP contribution in [0.2, 0.25) is 0 Å². The molecule has 5 rings (SSSR count). The Morgan fingerprint density at radius 1 is 1.20 bits per heavy atom. The molecule has 1 aliphatic rings. The van der Waals surface area contributed by atoms with Gasteiger partial charge in [-0.2, -0.15) is 9.93 Å². The lowest BCUT2D eigenvalue weighted by Crippen LogP contribution is -2.40. The zero-order chi connectivity index (χ0) is 21.0. The van der Waals surface area contributed by atoms with Gasteiger partial charge >= 0.3 is 0 Å².